The van der Waals surface area contributed by atoms with Gasteiger partial charge in [0, 0.05) is 12.3 Å². The van der Waals surface area contributed by atoms with Crippen molar-refractivity contribution in [1.29, 1.82) is 0 Å². The minimum Gasteiger partial charge on any atom is -0.511 e. The average Bonchev–Trinajstić information content (AvgIpc) is 3.31. The first-order chi connectivity index (χ1) is 19.3. The Kier molecular flexibility index (Phi) is 15.5. The molecular weight excluding hydrogens is 516 g/mol. The van der Waals surface area contributed by atoms with Crippen LogP contribution in [-0.4, -0.2) is 69.9 Å². The molecule has 1 aliphatic heterocycles. The van der Waals surface area contributed by atoms with E-state index in [1.807, 2.05) is 30.3 Å². The molecule has 1 aromatic carbocycles. The molecule has 1 saturated heterocycles. The summed E-state index contributed by atoms with van der Waals surface area (Å²) >= 11 is 0. The van der Waals surface area contributed by atoms with Gasteiger partial charge in [0.1, 0.15) is 17.9 Å². The van der Waals surface area contributed by atoms with E-state index < -0.39 is 37.1 Å². The van der Waals surface area contributed by atoms with Crippen molar-refractivity contribution in [2.24, 2.45) is 16.8 Å². The maximum atomic E-state index is 11.9. The molecule has 0 amide bonds. The van der Waals surface area contributed by atoms with Crippen LogP contribution in [0, 0.1) is 5.92 Å². The molecule has 2 fully saturated rings. The number of aliphatic hydroxyl groups excluding tert-OH is 4. The van der Waals surface area contributed by atoms with Crippen molar-refractivity contribution >= 4 is 17.5 Å². The Morgan fingerprint density at radius 2 is 1.55 bits per heavy atom. The number of aliphatic hydroxyl groups is 4. The summed E-state index contributed by atoms with van der Waals surface area (Å²) in [5.41, 5.74) is 5.85. The van der Waals surface area contributed by atoms with Crippen LogP contribution in [0.2, 0.25) is 0 Å². The van der Waals surface area contributed by atoms with Gasteiger partial charge in [-0.3, -0.25) is 4.79 Å². The van der Waals surface area contributed by atoms with Gasteiger partial charge in [0.2, 0.25) is 5.78 Å². The van der Waals surface area contributed by atoms with Crippen molar-refractivity contribution in [2.75, 3.05) is 26.4 Å². The normalized spacial score (nSPS) is 21.5. The summed E-state index contributed by atoms with van der Waals surface area (Å²) in [6, 6.07) is 9.97. The van der Waals surface area contributed by atoms with Crippen LogP contribution in [0.5, 0.6) is 0 Å². The molecule has 10 nitrogen and oxygen atoms in total. The van der Waals surface area contributed by atoms with Gasteiger partial charge in [-0.15, -0.1) is 0 Å². The van der Waals surface area contributed by atoms with Gasteiger partial charge in [0.25, 0.3) is 0 Å². The lowest BCUT2D eigenvalue weighted by Crippen LogP contribution is -2.50. The summed E-state index contributed by atoms with van der Waals surface area (Å²) < 4.78 is 4.75. The van der Waals surface area contributed by atoms with E-state index in [9.17, 15) is 14.7 Å². The zero-order chi connectivity index (χ0) is 29.2. The van der Waals surface area contributed by atoms with E-state index in [-0.39, 0.29) is 30.3 Å². The minimum atomic E-state index is -1.21. The first-order valence-corrected chi connectivity index (χ1v) is 14.3. The second kappa shape index (κ2) is 18.5. The number of nitrogens with two attached hydrogens (primary N) is 1. The number of allylic oxidation sites excluding steroid dienone is 1. The molecule has 6 N–H and O–H groups in total. The molecule has 1 aromatic rings. The SMILES string of the molecule is NC(CO)(CO)CO.O=C1COC(=O)C1=C(O)CCC1CCCCCCCCCCC1=NOCc1ccccc1. The molecule has 0 bridgehead atoms. The highest BCUT2D eigenvalue weighted by molar-refractivity contribution is 6.22. The molecule has 1 unspecified atom stereocenters. The second-order valence-corrected chi connectivity index (χ2v) is 10.6. The number of nitrogens with zero attached hydrogens (tertiary/aromatic N) is 1. The summed E-state index contributed by atoms with van der Waals surface area (Å²) in [5, 5.41) is 40.0. The molecule has 0 spiro atoms. The highest BCUT2D eigenvalue weighted by atomic mass is 16.6. The smallest absolute Gasteiger partial charge is 0.345 e. The number of ketones is 1. The molecule has 3 rings (SSSR count). The van der Waals surface area contributed by atoms with Gasteiger partial charge >= 0.3 is 5.97 Å². The number of Topliss-reactive ketones (excluding diaryl/α,β-unsaturated/α-hetero) is 1. The first-order valence-electron chi connectivity index (χ1n) is 14.3. The molecule has 10 heteroatoms. The van der Waals surface area contributed by atoms with Crippen molar-refractivity contribution in [3.63, 3.8) is 0 Å². The van der Waals surface area contributed by atoms with Crippen LogP contribution < -0.4 is 5.73 Å². The average molecular weight is 563 g/mol. The lowest BCUT2D eigenvalue weighted by atomic mass is 9.87. The fraction of sp³-hybridized carbons (Fsp3) is 0.633. The number of hydrogen-bond acceptors (Lipinski definition) is 10. The zero-order valence-corrected chi connectivity index (χ0v) is 23.4. The third-order valence-corrected chi connectivity index (χ3v) is 7.24. The Bertz CT molecular complexity index is 933. The van der Waals surface area contributed by atoms with Crippen LogP contribution in [0.25, 0.3) is 0 Å². The number of ether oxygens (including phenoxy) is 1. The van der Waals surface area contributed by atoms with Gasteiger partial charge in [0.15, 0.2) is 6.61 Å². The van der Waals surface area contributed by atoms with E-state index in [4.69, 9.17) is 30.6 Å². The van der Waals surface area contributed by atoms with Crippen molar-refractivity contribution < 1.29 is 39.6 Å². The summed E-state index contributed by atoms with van der Waals surface area (Å²) in [6.07, 6.45) is 12.4. The second-order valence-electron chi connectivity index (χ2n) is 10.6. The number of hydrogen-bond donors (Lipinski definition) is 5. The van der Waals surface area contributed by atoms with Crippen molar-refractivity contribution in [3.05, 3.63) is 47.2 Å². The minimum absolute atomic E-state index is 0.153. The van der Waals surface area contributed by atoms with Gasteiger partial charge in [-0.1, -0.05) is 80.4 Å². The summed E-state index contributed by atoms with van der Waals surface area (Å²) in [4.78, 5) is 29.4. The number of oxime groups is 1. The van der Waals surface area contributed by atoms with E-state index in [2.05, 4.69) is 5.16 Å². The monoisotopic (exact) mass is 562 g/mol. The Labute approximate surface area is 236 Å². The summed E-state index contributed by atoms with van der Waals surface area (Å²) in [5.74, 6) is -1.16. The molecule has 0 radical (unpaired) electrons. The van der Waals surface area contributed by atoms with E-state index in [1.54, 1.807) is 0 Å². The van der Waals surface area contributed by atoms with Crippen molar-refractivity contribution in [3.8, 4) is 0 Å². The zero-order valence-electron chi connectivity index (χ0n) is 23.4. The summed E-state index contributed by atoms with van der Waals surface area (Å²) in [7, 11) is 0. The molecule has 2 aliphatic rings. The molecule has 1 aliphatic carbocycles. The van der Waals surface area contributed by atoms with Gasteiger partial charge < -0.3 is 35.7 Å². The van der Waals surface area contributed by atoms with E-state index in [1.165, 1.54) is 38.5 Å². The third kappa shape index (κ3) is 11.8. The number of carbonyl (C=O) groups excluding carboxylic acids is 2. The number of cyclic esters (lactones) is 1. The number of carbonyl (C=O) groups is 2. The Morgan fingerprint density at radius 1 is 0.950 bits per heavy atom. The van der Waals surface area contributed by atoms with Crippen molar-refractivity contribution in [1.82, 2.24) is 0 Å². The summed E-state index contributed by atoms with van der Waals surface area (Å²) in [6.45, 7) is -1.06. The molecule has 40 heavy (non-hydrogen) atoms. The number of esters is 1. The Hall–Kier alpha value is -2.79. The van der Waals surface area contributed by atoms with Crippen molar-refractivity contribution in [2.45, 2.75) is 89.2 Å². The lowest BCUT2D eigenvalue weighted by Gasteiger charge is -2.20. The maximum absolute atomic E-state index is 11.9. The predicted molar refractivity (Wildman–Crippen MR) is 151 cm³/mol. The topological polar surface area (TPSA) is 172 Å². The fourth-order valence-electron chi connectivity index (χ4n) is 4.58. The van der Waals surface area contributed by atoms with Crippen LogP contribution in [0.4, 0.5) is 0 Å². The van der Waals surface area contributed by atoms with Gasteiger partial charge in [-0.05, 0) is 31.2 Å². The molecule has 1 saturated carbocycles. The van der Waals surface area contributed by atoms with E-state index in [0.29, 0.717) is 13.0 Å². The van der Waals surface area contributed by atoms with Gasteiger partial charge in [0.05, 0.1) is 31.1 Å². The van der Waals surface area contributed by atoms with Gasteiger partial charge in [-0.25, -0.2) is 4.79 Å². The lowest BCUT2D eigenvalue weighted by molar-refractivity contribution is -0.135. The fourth-order valence-corrected chi connectivity index (χ4v) is 4.58. The van der Waals surface area contributed by atoms with Crippen LogP contribution in [0.15, 0.2) is 46.8 Å². The maximum Gasteiger partial charge on any atom is 0.345 e. The van der Waals surface area contributed by atoms with Crippen LogP contribution in [-0.2, 0) is 25.8 Å². The Morgan fingerprint density at radius 3 is 2.10 bits per heavy atom. The van der Waals surface area contributed by atoms with Crippen LogP contribution in [0.3, 0.4) is 0 Å². The standard InChI is InChI=1S/C26H35NO5.C4H11NO3/c28-23(25-24(29)19-31-26(25)30)17-16-21-14-10-5-3-1-2-4-6-11-15-22(21)27-32-18-20-12-8-7-9-13-20;5-4(1-6,2-7)3-8/h7-9,12-13,21,28H,1-6,10-11,14-19H2;6-8H,1-3,5H2. The predicted octanol–water partition coefficient (Wildman–Crippen LogP) is 3.47. The number of rotatable bonds is 9. The van der Waals surface area contributed by atoms with Gasteiger partial charge in [-0.2, -0.15) is 0 Å². The third-order valence-electron chi connectivity index (χ3n) is 7.24. The highest BCUT2D eigenvalue weighted by Gasteiger charge is 2.32. The first kappa shape index (κ1) is 33.4. The van der Waals surface area contributed by atoms with E-state index in [0.717, 1.165) is 37.0 Å². The molecule has 1 atom stereocenters. The largest absolute Gasteiger partial charge is 0.511 e. The molecule has 1 heterocycles. The molecular formula is C30H46N2O8. The molecule has 224 valence electrons. The highest BCUT2D eigenvalue weighted by Crippen LogP contribution is 2.26. The Balaban J connectivity index is 0.000000611. The molecule has 0 aromatic heterocycles. The van der Waals surface area contributed by atoms with Crippen LogP contribution >= 0.6 is 0 Å². The van der Waals surface area contributed by atoms with E-state index >= 15 is 0 Å². The quantitative estimate of drug-likeness (QED) is 0.0993. The van der Waals surface area contributed by atoms with Crippen LogP contribution in [0.1, 0.15) is 82.6 Å². The number of benzene rings is 1.